The summed E-state index contributed by atoms with van der Waals surface area (Å²) in [6, 6.07) is 13.0. The van der Waals surface area contributed by atoms with E-state index in [1.54, 1.807) is 6.20 Å². The lowest BCUT2D eigenvalue weighted by molar-refractivity contribution is -0.128. The van der Waals surface area contributed by atoms with Gasteiger partial charge in [-0.3, -0.25) is 4.79 Å². The van der Waals surface area contributed by atoms with Crippen molar-refractivity contribution < 1.29 is 9.53 Å². The molecule has 1 saturated carbocycles. The monoisotopic (exact) mass is 409 g/mol. The Morgan fingerprint density at radius 1 is 1.15 bits per heavy atom. The van der Waals surface area contributed by atoms with E-state index in [1.165, 1.54) is 6.42 Å². The zero-order chi connectivity index (χ0) is 17.1. The van der Waals surface area contributed by atoms with Crippen molar-refractivity contribution in [2.24, 2.45) is 11.3 Å². The van der Waals surface area contributed by atoms with Gasteiger partial charge in [0.2, 0.25) is 11.8 Å². The Kier molecular flexibility index (Phi) is 7.48. The normalized spacial score (nSPS) is 23.3. The first-order valence-electron chi connectivity index (χ1n) is 8.97. The average molecular weight is 410 g/mol. The molecule has 1 aliphatic carbocycles. The second-order valence-corrected chi connectivity index (χ2v) is 6.98. The van der Waals surface area contributed by atoms with Crippen LogP contribution in [0.1, 0.15) is 25.7 Å². The second kappa shape index (κ2) is 9.40. The van der Waals surface area contributed by atoms with Crippen LogP contribution < -0.4 is 15.4 Å². The highest BCUT2D eigenvalue weighted by molar-refractivity contribution is 5.96. The molecule has 1 aromatic heterocycles. The molecule has 1 saturated heterocycles. The van der Waals surface area contributed by atoms with Gasteiger partial charge in [-0.1, -0.05) is 18.9 Å². The third-order valence-corrected chi connectivity index (χ3v) is 5.46. The van der Waals surface area contributed by atoms with Crippen LogP contribution in [0.15, 0.2) is 48.7 Å². The molecule has 2 aliphatic rings. The second-order valence-electron chi connectivity index (χ2n) is 6.98. The number of nitrogens with zero attached hydrogens (tertiary/aromatic N) is 1. The summed E-state index contributed by atoms with van der Waals surface area (Å²) in [6.07, 6.45) is 6.21. The van der Waals surface area contributed by atoms with Crippen LogP contribution in [0, 0.1) is 11.3 Å². The summed E-state index contributed by atoms with van der Waals surface area (Å²) < 4.78 is 5.69. The lowest BCUT2D eigenvalue weighted by Gasteiger charge is -2.37. The van der Waals surface area contributed by atoms with Crippen molar-refractivity contribution >= 4 is 36.4 Å². The molecular weight excluding hydrogens is 385 g/mol. The van der Waals surface area contributed by atoms with Crippen LogP contribution in [-0.4, -0.2) is 24.0 Å². The molecule has 2 atom stereocenters. The van der Waals surface area contributed by atoms with E-state index in [4.69, 9.17) is 4.74 Å². The standard InChI is InChI=1S/C20H23N3O2.2ClH/c24-19(20-11-3-1-5-15(20)13-21-14-20)23-16-7-9-17(10-8-16)25-18-6-2-4-12-22-18;;/h2,4,6-10,12,15,21H,1,3,5,11,13-14H2,(H,23,24);2*1H/t15-,20+;;/m0../s1. The molecule has 7 heteroatoms. The molecule has 5 nitrogen and oxygen atoms in total. The molecule has 0 bridgehead atoms. The molecular formula is C20H25Cl2N3O2. The molecule has 2 heterocycles. The number of nitrogens with one attached hydrogen (secondary N) is 2. The zero-order valence-electron chi connectivity index (χ0n) is 15.0. The van der Waals surface area contributed by atoms with Crippen LogP contribution in [0.2, 0.25) is 0 Å². The van der Waals surface area contributed by atoms with Crippen molar-refractivity contribution in [1.29, 1.82) is 0 Å². The number of carbonyl (C=O) groups excluding carboxylic acids is 1. The van der Waals surface area contributed by atoms with Crippen LogP contribution in [0.3, 0.4) is 0 Å². The highest BCUT2D eigenvalue weighted by Gasteiger charge is 2.49. The maximum absolute atomic E-state index is 13.0. The number of anilines is 1. The summed E-state index contributed by atoms with van der Waals surface area (Å²) in [7, 11) is 0. The van der Waals surface area contributed by atoms with Crippen molar-refractivity contribution in [3.05, 3.63) is 48.7 Å². The summed E-state index contributed by atoms with van der Waals surface area (Å²) in [5.41, 5.74) is 0.574. The van der Waals surface area contributed by atoms with Crippen molar-refractivity contribution in [3.63, 3.8) is 0 Å². The number of fused-ring (bicyclic) bond motifs is 1. The molecule has 4 rings (SSSR count). The van der Waals surface area contributed by atoms with Gasteiger partial charge in [-0.25, -0.2) is 4.98 Å². The van der Waals surface area contributed by atoms with Gasteiger partial charge in [0.25, 0.3) is 0 Å². The van der Waals surface area contributed by atoms with E-state index in [1.807, 2.05) is 42.5 Å². The Morgan fingerprint density at radius 2 is 1.96 bits per heavy atom. The first-order chi connectivity index (χ1) is 12.3. The number of ether oxygens (including phenoxy) is 1. The zero-order valence-corrected chi connectivity index (χ0v) is 16.7. The molecule has 2 fully saturated rings. The highest BCUT2D eigenvalue weighted by Crippen LogP contribution is 2.44. The number of aromatic nitrogens is 1. The van der Waals surface area contributed by atoms with Crippen LogP contribution in [0.4, 0.5) is 5.69 Å². The molecule has 2 N–H and O–H groups in total. The fraction of sp³-hybridized carbons (Fsp3) is 0.400. The van der Waals surface area contributed by atoms with Gasteiger partial charge in [-0.05, 0) is 55.6 Å². The summed E-state index contributed by atoms with van der Waals surface area (Å²) in [5.74, 6) is 1.88. The maximum Gasteiger partial charge on any atom is 0.232 e. The third kappa shape index (κ3) is 4.54. The van der Waals surface area contributed by atoms with Gasteiger partial charge < -0.3 is 15.4 Å². The minimum absolute atomic E-state index is 0. The molecule has 2 aromatic rings. The van der Waals surface area contributed by atoms with E-state index < -0.39 is 0 Å². The van der Waals surface area contributed by atoms with Gasteiger partial charge in [-0.15, -0.1) is 24.8 Å². The summed E-state index contributed by atoms with van der Waals surface area (Å²) in [6.45, 7) is 1.76. The quantitative estimate of drug-likeness (QED) is 0.783. The molecule has 1 aliphatic heterocycles. The lowest BCUT2D eigenvalue weighted by Crippen LogP contribution is -2.44. The van der Waals surface area contributed by atoms with Crippen LogP contribution in [0.5, 0.6) is 11.6 Å². The number of pyridine rings is 1. The van der Waals surface area contributed by atoms with E-state index in [0.717, 1.165) is 38.0 Å². The summed E-state index contributed by atoms with van der Waals surface area (Å²) in [5, 5.41) is 6.54. The molecule has 146 valence electrons. The number of benzene rings is 1. The molecule has 0 unspecified atom stereocenters. The Balaban J connectivity index is 0.00000131. The number of hydrogen-bond acceptors (Lipinski definition) is 4. The van der Waals surface area contributed by atoms with E-state index in [-0.39, 0.29) is 36.1 Å². The topological polar surface area (TPSA) is 63.2 Å². The number of carbonyl (C=O) groups is 1. The van der Waals surface area contributed by atoms with E-state index in [0.29, 0.717) is 17.5 Å². The van der Waals surface area contributed by atoms with Crippen LogP contribution >= 0.6 is 24.8 Å². The van der Waals surface area contributed by atoms with E-state index >= 15 is 0 Å². The smallest absolute Gasteiger partial charge is 0.232 e. The van der Waals surface area contributed by atoms with Gasteiger partial charge in [0, 0.05) is 24.5 Å². The van der Waals surface area contributed by atoms with Crippen molar-refractivity contribution in [1.82, 2.24) is 10.3 Å². The maximum atomic E-state index is 13.0. The van der Waals surface area contributed by atoms with Crippen molar-refractivity contribution in [2.45, 2.75) is 25.7 Å². The number of hydrogen-bond donors (Lipinski definition) is 2. The number of rotatable bonds is 4. The van der Waals surface area contributed by atoms with Gasteiger partial charge in [0.15, 0.2) is 0 Å². The molecule has 0 radical (unpaired) electrons. The fourth-order valence-electron chi connectivity index (χ4n) is 4.08. The molecule has 0 spiro atoms. The van der Waals surface area contributed by atoms with Crippen molar-refractivity contribution in [2.75, 3.05) is 18.4 Å². The predicted molar refractivity (Wildman–Crippen MR) is 111 cm³/mol. The molecule has 27 heavy (non-hydrogen) atoms. The largest absolute Gasteiger partial charge is 0.439 e. The van der Waals surface area contributed by atoms with E-state index in [2.05, 4.69) is 15.6 Å². The molecule has 1 aromatic carbocycles. The number of amides is 1. The van der Waals surface area contributed by atoms with Gasteiger partial charge >= 0.3 is 0 Å². The minimum atomic E-state index is -0.235. The minimum Gasteiger partial charge on any atom is -0.439 e. The predicted octanol–water partition coefficient (Wildman–Crippen LogP) is 4.44. The Hall–Kier alpha value is -1.82. The van der Waals surface area contributed by atoms with Gasteiger partial charge in [0.1, 0.15) is 5.75 Å². The Labute approximate surface area is 172 Å². The van der Waals surface area contributed by atoms with Gasteiger partial charge in [-0.2, -0.15) is 0 Å². The van der Waals surface area contributed by atoms with Crippen LogP contribution in [0.25, 0.3) is 0 Å². The Morgan fingerprint density at radius 3 is 2.70 bits per heavy atom. The average Bonchev–Trinajstić information content (AvgIpc) is 3.10. The summed E-state index contributed by atoms with van der Waals surface area (Å²) >= 11 is 0. The Bertz CT molecular complexity index is 743. The highest BCUT2D eigenvalue weighted by atomic mass is 35.5. The van der Waals surface area contributed by atoms with Crippen molar-refractivity contribution in [3.8, 4) is 11.6 Å². The SMILES string of the molecule is Cl.Cl.O=C(Nc1ccc(Oc2ccccn2)cc1)[C@@]12CCCC[C@H]1CNC2. The first-order valence-corrected chi connectivity index (χ1v) is 8.97. The summed E-state index contributed by atoms with van der Waals surface area (Å²) in [4.78, 5) is 17.1. The molecule has 1 amide bonds. The third-order valence-electron chi connectivity index (χ3n) is 5.46. The van der Waals surface area contributed by atoms with Gasteiger partial charge in [0.05, 0.1) is 5.41 Å². The van der Waals surface area contributed by atoms with E-state index in [9.17, 15) is 4.79 Å². The number of halogens is 2. The van der Waals surface area contributed by atoms with Crippen LogP contribution in [-0.2, 0) is 4.79 Å². The lowest BCUT2D eigenvalue weighted by atomic mass is 9.67. The fourth-order valence-corrected chi connectivity index (χ4v) is 4.08. The first kappa shape index (κ1) is 21.5.